The van der Waals surface area contributed by atoms with Crippen molar-refractivity contribution in [2.75, 3.05) is 0 Å². The Morgan fingerprint density at radius 1 is 1.29 bits per heavy atom. The SMILES string of the molecule is Cc1ccc(C(C)NC(=O)N[C@H](C)C(=O)O)o1. The number of carbonyl (C=O) groups is 2. The maximum absolute atomic E-state index is 11.4. The Kier molecular flexibility index (Phi) is 4.14. The Morgan fingerprint density at radius 2 is 1.94 bits per heavy atom. The molecule has 2 atom stereocenters. The molecule has 1 aromatic heterocycles. The minimum Gasteiger partial charge on any atom is -0.480 e. The lowest BCUT2D eigenvalue weighted by Crippen LogP contribution is -2.45. The van der Waals surface area contributed by atoms with E-state index in [-0.39, 0.29) is 6.04 Å². The maximum Gasteiger partial charge on any atom is 0.325 e. The van der Waals surface area contributed by atoms with Gasteiger partial charge in [0, 0.05) is 0 Å². The van der Waals surface area contributed by atoms with Crippen molar-refractivity contribution in [3.8, 4) is 0 Å². The average Bonchev–Trinajstić information content (AvgIpc) is 2.64. The number of aryl methyl sites for hydroxylation is 1. The highest BCUT2D eigenvalue weighted by atomic mass is 16.4. The first kappa shape index (κ1) is 13.1. The van der Waals surface area contributed by atoms with Crippen LogP contribution < -0.4 is 10.6 Å². The molecule has 0 fully saturated rings. The number of nitrogens with one attached hydrogen (secondary N) is 2. The van der Waals surface area contributed by atoms with Gasteiger partial charge in [-0.25, -0.2) is 4.79 Å². The van der Waals surface area contributed by atoms with Gasteiger partial charge in [-0.15, -0.1) is 0 Å². The highest BCUT2D eigenvalue weighted by molar-refractivity contribution is 5.82. The van der Waals surface area contributed by atoms with Crippen molar-refractivity contribution in [2.45, 2.75) is 32.9 Å². The summed E-state index contributed by atoms with van der Waals surface area (Å²) in [5.74, 6) is 0.301. The number of furan rings is 1. The van der Waals surface area contributed by atoms with Crippen LogP contribution in [0.25, 0.3) is 0 Å². The first-order valence-electron chi connectivity index (χ1n) is 5.26. The van der Waals surface area contributed by atoms with Gasteiger partial charge in [-0.3, -0.25) is 4.79 Å². The molecular formula is C11H16N2O4. The van der Waals surface area contributed by atoms with Crippen LogP contribution in [0.15, 0.2) is 16.5 Å². The fourth-order valence-electron chi connectivity index (χ4n) is 1.25. The fourth-order valence-corrected chi connectivity index (χ4v) is 1.25. The Balaban J connectivity index is 2.49. The second-order valence-corrected chi connectivity index (χ2v) is 3.85. The molecule has 0 saturated carbocycles. The molecule has 0 aliphatic rings. The van der Waals surface area contributed by atoms with E-state index >= 15 is 0 Å². The molecule has 17 heavy (non-hydrogen) atoms. The minimum atomic E-state index is -1.08. The minimum absolute atomic E-state index is 0.315. The summed E-state index contributed by atoms with van der Waals surface area (Å²) in [4.78, 5) is 22.0. The third-order valence-electron chi connectivity index (χ3n) is 2.25. The van der Waals surface area contributed by atoms with E-state index < -0.39 is 18.0 Å². The molecule has 0 aromatic carbocycles. The Bertz CT molecular complexity index is 413. The van der Waals surface area contributed by atoms with E-state index in [4.69, 9.17) is 9.52 Å². The lowest BCUT2D eigenvalue weighted by molar-refractivity contribution is -0.138. The Morgan fingerprint density at radius 3 is 2.41 bits per heavy atom. The zero-order chi connectivity index (χ0) is 13.0. The number of carboxylic acid groups (broad SMARTS) is 1. The first-order chi connectivity index (χ1) is 7.90. The van der Waals surface area contributed by atoms with Crippen molar-refractivity contribution in [3.63, 3.8) is 0 Å². The molecule has 0 aliphatic heterocycles. The van der Waals surface area contributed by atoms with Gasteiger partial charge in [0.2, 0.25) is 0 Å². The monoisotopic (exact) mass is 240 g/mol. The molecule has 94 valence electrons. The van der Waals surface area contributed by atoms with Crippen molar-refractivity contribution in [1.82, 2.24) is 10.6 Å². The van der Waals surface area contributed by atoms with Gasteiger partial charge < -0.3 is 20.2 Å². The van der Waals surface area contributed by atoms with Crippen LogP contribution in [0.3, 0.4) is 0 Å². The standard InChI is InChI=1S/C11H16N2O4/c1-6-4-5-9(17-6)7(2)12-11(16)13-8(3)10(14)15/h4-5,7-8H,1-3H3,(H,14,15)(H2,12,13,16)/t7?,8-/m1/s1. The Hall–Kier alpha value is -1.98. The van der Waals surface area contributed by atoms with Crippen LogP contribution in [0.4, 0.5) is 4.79 Å². The molecular weight excluding hydrogens is 224 g/mol. The van der Waals surface area contributed by atoms with Gasteiger partial charge in [-0.2, -0.15) is 0 Å². The van der Waals surface area contributed by atoms with E-state index in [1.807, 2.05) is 6.92 Å². The number of aliphatic carboxylic acids is 1. The number of rotatable bonds is 4. The summed E-state index contributed by atoms with van der Waals surface area (Å²) in [6.07, 6.45) is 0. The smallest absolute Gasteiger partial charge is 0.325 e. The van der Waals surface area contributed by atoms with Crippen molar-refractivity contribution < 1.29 is 19.1 Å². The maximum atomic E-state index is 11.4. The number of hydrogen-bond acceptors (Lipinski definition) is 3. The van der Waals surface area contributed by atoms with Gasteiger partial charge in [0.1, 0.15) is 17.6 Å². The van der Waals surface area contributed by atoms with Crippen LogP contribution in [0.1, 0.15) is 31.4 Å². The van der Waals surface area contributed by atoms with Crippen LogP contribution in [-0.2, 0) is 4.79 Å². The van der Waals surface area contributed by atoms with E-state index in [0.29, 0.717) is 5.76 Å². The highest BCUT2D eigenvalue weighted by Crippen LogP contribution is 2.15. The molecule has 1 heterocycles. The molecule has 1 unspecified atom stereocenters. The summed E-state index contributed by atoms with van der Waals surface area (Å²) >= 11 is 0. The number of carbonyl (C=O) groups excluding carboxylic acids is 1. The highest BCUT2D eigenvalue weighted by Gasteiger charge is 2.17. The van der Waals surface area contributed by atoms with Crippen LogP contribution in [0.2, 0.25) is 0 Å². The van der Waals surface area contributed by atoms with Crippen LogP contribution >= 0.6 is 0 Å². The van der Waals surface area contributed by atoms with E-state index in [0.717, 1.165) is 5.76 Å². The third-order valence-corrected chi connectivity index (χ3v) is 2.25. The van der Waals surface area contributed by atoms with E-state index in [9.17, 15) is 9.59 Å². The molecule has 6 heteroatoms. The van der Waals surface area contributed by atoms with Crippen LogP contribution in [-0.4, -0.2) is 23.1 Å². The number of carboxylic acids is 1. The summed E-state index contributed by atoms with van der Waals surface area (Å²) in [7, 11) is 0. The van der Waals surface area contributed by atoms with E-state index in [1.165, 1.54) is 6.92 Å². The molecule has 1 aromatic rings. The molecule has 0 bridgehead atoms. The molecule has 2 amide bonds. The van der Waals surface area contributed by atoms with Crippen molar-refractivity contribution in [2.24, 2.45) is 0 Å². The van der Waals surface area contributed by atoms with Crippen molar-refractivity contribution in [3.05, 3.63) is 23.7 Å². The van der Waals surface area contributed by atoms with Crippen molar-refractivity contribution >= 4 is 12.0 Å². The van der Waals surface area contributed by atoms with Gasteiger partial charge in [-0.1, -0.05) is 0 Å². The second-order valence-electron chi connectivity index (χ2n) is 3.85. The van der Waals surface area contributed by atoms with Crippen molar-refractivity contribution in [1.29, 1.82) is 0 Å². The molecule has 1 rings (SSSR count). The van der Waals surface area contributed by atoms with Crippen LogP contribution in [0, 0.1) is 6.92 Å². The van der Waals surface area contributed by atoms with E-state index in [2.05, 4.69) is 10.6 Å². The summed E-state index contributed by atoms with van der Waals surface area (Å²) in [5, 5.41) is 13.5. The molecule has 3 N–H and O–H groups in total. The largest absolute Gasteiger partial charge is 0.480 e. The quantitative estimate of drug-likeness (QED) is 0.742. The molecule has 0 radical (unpaired) electrons. The molecule has 0 aliphatic carbocycles. The zero-order valence-corrected chi connectivity index (χ0v) is 9.98. The lowest BCUT2D eigenvalue weighted by Gasteiger charge is -2.14. The number of urea groups is 1. The predicted molar refractivity (Wildman–Crippen MR) is 60.6 cm³/mol. The fraction of sp³-hybridized carbons (Fsp3) is 0.455. The second kappa shape index (κ2) is 5.38. The third kappa shape index (κ3) is 3.82. The van der Waals surface area contributed by atoms with E-state index in [1.54, 1.807) is 19.1 Å². The van der Waals surface area contributed by atoms with Gasteiger partial charge >= 0.3 is 12.0 Å². The zero-order valence-electron chi connectivity index (χ0n) is 9.98. The van der Waals surface area contributed by atoms with Gasteiger partial charge in [0.25, 0.3) is 0 Å². The first-order valence-corrected chi connectivity index (χ1v) is 5.26. The Labute approximate surface area is 99.0 Å². The summed E-state index contributed by atoms with van der Waals surface area (Å²) < 4.78 is 5.34. The topological polar surface area (TPSA) is 91.6 Å². The molecule has 0 spiro atoms. The average molecular weight is 240 g/mol. The molecule has 6 nitrogen and oxygen atoms in total. The van der Waals surface area contributed by atoms with Crippen LogP contribution in [0.5, 0.6) is 0 Å². The van der Waals surface area contributed by atoms with Gasteiger partial charge in [0.15, 0.2) is 0 Å². The normalized spacial score (nSPS) is 13.8. The predicted octanol–water partition coefficient (Wildman–Crippen LogP) is 1.42. The lowest BCUT2D eigenvalue weighted by atomic mass is 10.2. The summed E-state index contributed by atoms with van der Waals surface area (Å²) in [5.41, 5.74) is 0. The number of amides is 2. The van der Waals surface area contributed by atoms with Gasteiger partial charge in [0.05, 0.1) is 6.04 Å². The summed E-state index contributed by atoms with van der Waals surface area (Å²) in [6.45, 7) is 4.95. The number of hydrogen-bond donors (Lipinski definition) is 3. The molecule has 0 saturated heterocycles. The summed E-state index contributed by atoms with van der Waals surface area (Å²) in [6, 6.07) is 1.78. The van der Waals surface area contributed by atoms with Gasteiger partial charge in [-0.05, 0) is 32.9 Å².